The molecule has 2 rings (SSSR count). The van der Waals surface area contributed by atoms with E-state index in [4.69, 9.17) is 0 Å². The fourth-order valence-corrected chi connectivity index (χ4v) is 3.14. The molecule has 3 heteroatoms. The minimum Gasteiger partial charge on any atom is -0.295 e. The molecule has 2 atom stereocenters. The topological polar surface area (TPSA) is 34.1 Å². The van der Waals surface area contributed by atoms with Gasteiger partial charge in [-0.15, -0.1) is 0 Å². The molecule has 0 fully saturated rings. The maximum atomic E-state index is 11.7. The molecule has 80 valence electrons. The fourth-order valence-electron chi connectivity index (χ4n) is 2.35. The van der Waals surface area contributed by atoms with Gasteiger partial charge in [-0.1, -0.05) is 29.8 Å². The second-order valence-electron chi connectivity index (χ2n) is 4.56. The van der Waals surface area contributed by atoms with Crippen LogP contribution in [0.2, 0.25) is 0 Å². The van der Waals surface area contributed by atoms with Gasteiger partial charge in [0.2, 0.25) is 0 Å². The van der Waals surface area contributed by atoms with E-state index in [1.165, 1.54) is 0 Å². The minimum absolute atomic E-state index is 0.0295. The summed E-state index contributed by atoms with van der Waals surface area (Å²) in [6.07, 6.45) is 4.61. The molecule has 2 aliphatic rings. The minimum atomic E-state index is -0.168. The SMILES string of the molecule is C[C@H]1C(=O)C=C(Br)C2=CC(=O)CC[C@@]21C. The van der Waals surface area contributed by atoms with E-state index >= 15 is 0 Å². The summed E-state index contributed by atoms with van der Waals surface area (Å²) < 4.78 is 0.779. The van der Waals surface area contributed by atoms with Gasteiger partial charge in [-0.05, 0) is 24.1 Å². The first-order valence-corrected chi connectivity index (χ1v) is 5.91. The van der Waals surface area contributed by atoms with Crippen LogP contribution in [0.15, 0.2) is 22.2 Å². The number of allylic oxidation sites excluding steroid dienone is 4. The zero-order valence-electron chi connectivity index (χ0n) is 8.84. The van der Waals surface area contributed by atoms with E-state index in [-0.39, 0.29) is 22.9 Å². The summed E-state index contributed by atoms with van der Waals surface area (Å²) in [5.41, 5.74) is 0.823. The highest BCUT2D eigenvalue weighted by Gasteiger charge is 2.44. The van der Waals surface area contributed by atoms with Gasteiger partial charge < -0.3 is 0 Å². The van der Waals surface area contributed by atoms with Crippen molar-refractivity contribution in [1.29, 1.82) is 0 Å². The Morgan fingerprint density at radius 1 is 1.40 bits per heavy atom. The Bertz CT molecular complexity index is 406. The van der Waals surface area contributed by atoms with Crippen LogP contribution < -0.4 is 0 Å². The number of carbonyl (C=O) groups is 2. The number of halogens is 1. The third-order valence-electron chi connectivity index (χ3n) is 3.72. The van der Waals surface area contributed by atoms with Crippen LogP contribution in [0, 0.1) is 11.3 Å². The largest absolute Gasteiger partial charge is 0.295 e. The molecule has 2 nitrogen and oxygen atoms in total. The van der Waals surface area contributed by atoms with Crippen molar-refractivity contribution in [1.82, 2.24) is 0 Å². The van der Waals surface area contributed by atoms with E-state index in [9.17, 15) is 9.59 Å². The number of rotatable bonds is 0. The molecule has 15 heavy (non-hydrogen) atoms. The van der Waals surface area contributed by atoms with Gasteiger partial charge in [0.15, 0.2) is 11.6 Å². The van der Waals surface area contributed by atoms with Crippen molar-refractivity contribution >= 4 is 27.5 Å². The zero-order valence-corrected chi connectivity index (χ0v) is 10.4. The molecular formula is C12H13BrO2. The van der Waals surface area contributed by atoms with Crippen molar-refractivity contribution in [2.75, 3.05) is 0 Å². The average molecular weight is 269 g/mol. The molecule has 0 heterocycles. The zero-order chi connectivity index (χ0) is 11.2. The smallest absolute Gasteiger partial charge is 0.160 e. The Kier molecular flexibility index (Phi) is 2.45. The van der Waals surface area contributed by atoms with Crippen LogP contribution in [-0.2, 0) is 9.59 Å². The van der Waals surface area contributed by atoms with Crippen LogP contribution in [0.1, 0.15) is 26.7 Å². The van der Waals surface area contributed by atoms with E-state index in [1.54, 1.807) is 12.2 Å². The molecule has 0 unspecified atom stereocenters. The van der Waals surface area contributed by atoms with Gasteiger partial charge in [0.05, 0.1) is 0 Å². The first kappa shape index (κ1) is 10.8. The number of ketones is 2. The predicted molar refractivity (Wildman–Crippen MR) is 61.6 cm³/mol. The van der Waals surface area contributed by atoms with Crippen LogP contribution in [0.5, 0.6) is 0 Å². The van der Waals surface area contributed by atoms with Crippen molar-refractivity contribution in [2.45, 2.75) is 26.7 Å². The van der Waals surface area contributed by atoms with Gasteiger partial charge in [0.1, 0.15) is 0 Å². The quantitative estimate of drug-likeness (QED) is 0.677. The second kappa shape index (κ2) is 3.41. The van der Waals surface area contributed by atoms with Gasteiger partial charge in [-0.3, -0.25) is 9.59 Å². The van der Waals surface area contributed by atoms with Gasteiger partial charge >= 0.3 is 0 Å². The van der Waals surface area contributed by atoms with Crippen LogP contribution in [0.3, 0.4) is 0 Å². The molecule has 2 aliphatic carbocycles. The molecule has 0 radical (unpaired) electrons. The summed E-state index contributed by atoms with van der Waals surface area (Å²) in [4.78, 5) is 23.1. The standard InChI is InChI=1S/C12H13BrO2/c1-7-11(15)6-10(13)9-5-8(14)3-4-12(7,9)2/h5-7H,3-4H2,1-2H3/t7-,12+/m0/s1. The summed E-state index contributed by atoms with van der Waals surface area (Å²) >= 11 is 3.38. The van der Waals surface area contributed by atoms with E-state index in [0.29, 0.717) is 6.42 Å². The fraction of sp³-hybridized carbons (Fsp3) is 0.500. The van der Waals surface area contributed by atoms with Gasteiger partial charge in [-0.2, -0.15) is 0 Å². The van der Waals surface area contributed by atoms with E-state index < -0.39 is 0 Å². The summed E-state index contributed by atoms with van der Waals surface area (Å²) in [6, 6.07) is 0. The lowest BCUT2D eigenvalue weighted by molar-refractivity contribution is -0.123. The first-order chi connectivity index (χ1) is 6.95. The number of hydrogen-bond acceptors (Lipinski definition) is 2. The maximum absolute atomic E-state index is 11.7. The summed E-state index contributed by atoms with van der Waals surface area (Å²) in [5.74, 6) is 0.281. The van der Waals surface area contributed by atoms with Crippen molar-refractivity contribution in [3.8, 4) is 0 Å². The summed E-state index contributed by atoms with van der Waals surface area (Å²) in [6.45, 7) is 4.02. The Morgan fingerprint density at radius 2 is 2.07 bits per heavy atom. The van der Waals surface area contributed by atoms with Crippen LogP contribution in [0.4, 0.5) is 0 Å². The molecule has 0 amide bonds. The van der Waals surface area contributed by atoms with Gasteiger partial charge in [0, 0.05) is 22.2 Å². The molecule has 0 saturated heterocycles. The summed E-state index contributed by atoms with van der Waals surface area (Å²) in [7, 11) is 0. The maximum Gasteiger partial charge on any atom is 0.160 e. The Labute approximate surface area is 97.6 Å². The lowest BCUT2D eigenvalue weighted by Gasteiger charge is -2.41. The molecule has 0 aliphatic heterocycles. The normalized spacial score (nSPS) is 35.8. The number of carbonyl (C=O) groups excluding carboxylic acids is 2. The lowest BCUT2D eigenvalue weighted by atomic mass is 9.62. The predicted octanol–water partition coefficient (Wildman–Crippen LogP) is 2.78. The average Bonchev–Trinajstić information content (AvgIpc) is 2.18. The molecule has 0 aromatic carbocycles. The highest BCUT2D eigenvalue weighted by atomic mass is 79.9. The molecule has 0 aromatic heterocycles. The molecule has 0 N–H and O–H groups in total. The lowest BCUT2D eigenvalue weighted by Crippen LogP contribution is -2.38. The summed E-state index contributed by atoms with van der Waals surface area (Å²) in [5, 5.41) is 0. The Morgan fingerprint density at radius 3 is 2.73 bits per heavy atom. The Hall–Kier alpha value is -0.700. The van der Waals surface area contributed by atoms with Crippen LogP contribution in [-0.4, -0.2) is 11.6 Å². The molecule has 0 bridgehead atoms. The van der Waals surface area contributed by atoms with E-state index in [1.807, 2.05) is 6.92 Å². The van der Waals surface area contributed by atoms with Crippen molar-refractivity contribution in [2.24, 2.45) is 11.3 Å². The highest BCUT2D eigenvalue weighted by molar-refractivity contribution is 9.12. The van der Waals surface area contributed by atoms with E-state index in [2.05, 4.69) is 22.9 Å². The first-order valence-electron chi connectivity index (χ1n) is 5.11. The monoisotopic (exact) mass is 268 g/mol. The highest BCUT2D eigenvalue weighted by Crippen LogP contribution is 2.50. The number of fused-ring (bicyclic) bond motifs is 1. The third-order valence-corrected chi connectivity index (χ3v) is 4.38. The number of hydrogen-bond donors (Lipinski definition) is 0. The second-order valence-corrected chi connectivity index (χ2v) is 5.41. The van der Waals surface area contributed by atoms with Gasteiger partial charge in [-0.25, -0.2) is 0 Å². The Balaban J connectivity index is 2.58. The molecule has 0 aromatic rings. The van der Waals surface area contributed by atoms with Crippen molar-refractivity contribution < 1.29 is 9.59 Å². The van der Waals surface area contributed by atoms with Crippen LogP contribution >= 0.6 is 15.9 Å². The van der Waals surface area contributed by atoms with Crippen molar-refractivity contribution in [3.63, 3.8) is 0 Å². The molecule has 0 saturated carbocycles. The molecular weight excluding hydrogens is 256 g/mol. The van der Waals surface area contributed by atoms with Crippen molar-refractivity contribution in [3.05, 3.63) is 22.2 Å². The molecule has 0 spiro atoms. The third kappa shape index (κ3) is 1.53. The van der Waals surface area contributed by atoms with E-state index in [0.717, 1.165) is 16.5 Å². The van der Waals surface area contributed by atoms with Crippen LogP contribution in [0.25, 0.3) is 0 Å². The van der Waals surface area contributed by atoms with Gasteiger partial charge in [0.25, 0.3) is 0 Å².